The molecule has 23 heavy (non-hydrogen) atoms. The van der Waals surface area contributed by atoms with Crippen LogP contribution in [0.2, 0.25) is 0 Å². The number of benzene rings is 2. The van der Waals surface area contributed by atoms with Crippen LogP contribution in [-0.4, -0.2) is 18.4 Å². The van der Waals surface area contributed by atoms with Gasteiger partial charge in [-0.05, 0) is 48.4 Å². The number of anilines is 1. The predicted molar refractivity (Wildman–Crippen MR) is 83.8 cm³/mol. The van der Waals surface area contributed by atoms with Crippen LogP contribution in [0.4, 0.5) is 10.1 Å². The van der Waals surface area contributed by atoms with Crippen molar-refractivity contribution in [3.05, 3.63) is 59.9 Å². The molecule has 0 radical (unpaired) electrons. The maximum atomic E-state index is 13.1. The van der Waals surface area contributed by atoms with E-state index in [0.29, 0.717) is 17.7 Å². The van der Waals surface area contributed by atoms with Gasteiger partial charge in [-0.15, -0.1) is 0 Å². The van der Waals surface area contributed by atoms with Gasteiger partial charge in [-0.25, -0.2) is 4.39 Å². The second-order valence-electron chi connectivity index (χ2n) is 5.42. The lowest BCUT2D eigenvalue weighted by Crippen LogP contribution is -2.23. The zero-order chi connectivity index (χ0) is 16.2. The minimum absolute atomic E-state index is 0.00409. The number of carbonyl (C=O) groups excluding carboxylic acids is 2. The Kier molecular flexibility index (Phi) is 4.37. The maximum Gasteiger partial charge on any atom is 0.315 e. The molecule has 0 saturated carbocycles. The van der Waals surface area contributed by atoms with Crippen molar-refractivity contribution in [1.29, 1.82) is 0 Å². The molecule has 3 rings (SSSR count). The first-order valence-corrected chi connectivity index (χ1v) is 7.47. The Morgan fingerprint density at radius 3 is 2.61 bits per heavy atom. The summed E-state index contributed by atoms with van der Waals surface area (Å²) in [5.41, 5.74) is 1.37. The fourth-order valence-corrected chi connectivity index (χ4v) is 2.60. The van der Waals surface area contributed by atoms with Crippen LogP contribution in [0.25, 0.3) is 0 Å². The number of amides is 1. The Morgan fingerprint density at radius 1 is 1.17 bits per heavy atom. The maximum absolute atomic E-state index is 13.1. The number of nitrogens with zero attached hydrogens (tertiary/aromatic N) is 1. The zero-order valence-corrected chi connectivity index (χ0v) is 12.5. The molecule has 2 aromatic carbocycles. The standard InChI is InChI=1S/C18H16FNO3/c19-14-4-1-3-13(11-14)12-18(22)23-16-8-6-15(7-9-16)20-10-2-5-17(20)21/h1,3-4,6-9,11H,2,5,10,12H2. The number of rotatable bonds is 4. The molecular weight excluding hydrogens is 297 g/mol. The van der Waals surface area contributed by atoms with Crippen LogP contribution in [0, 0.1) is 5.82 Å². The summed E-state index contributed by atoms with van der Waals surface area (Å²) < 4.78 is 18.3. The molecule has 5 heteroatoms. The number of hydrogen-bond acceptors (Lipinski definition) is 3. The highest BCUT2D eigenvalue weighted by Crippen LogP contribution is 2.24. The highest BCUT2D eigenvalue weighted by atomic mass is 19.1. The number of esters is 1. The number of carbonyl (C=O) groups is 2. The quantitative estimate of drug-likeness (QED) is 0.643. The Bertz CT molecular complexity index is 727. The third kappa shape index (κ3) is 3.74. The van der Waals surface area contributed by atoms with Gasteiger partial charge in [0, 0.05) is 18.7 Å². The van der Waals surface area contributed by atoms with Crippen LogP contribution in [0.1, 0.15) is 18.4 Å². The van der Waals surface area contributed by atoms with E-state index in [4.69, 9.17) is 4.74 Å². The molecule has 1 aliphatic rings. The molecule has 0 N–H and O–H groups in total. The van der Waals surface area contributed by atoms with Crippen LogP contribution in [-0.2, 0) is 16.0 Å². The number of hydrogen-bond donors (Lipinski definition) is 0. The molecule has 0 aromatic heterocycles. The third-order valence-electron chi connectivity index (χ3n) is 3.69. The lowest BCUT2D eigenvalue weighted by atomic mass is 10.1. The van der Waals surface area contributed by atoms with Crippen LogP contribution in [0.15, 0.2) is 48.5 Å². The van der Waals surface area contributed by atoms with Crippen molar-refractivity contribution in [3.63, 3.8) is 0 Å². The van der Waals surface area contributed by atoms with Crippen molar-refractivity contribution >= 4 is 17.6 Å². The first kappa shape index (κ1) is 15.2. The van der Waals surface area contributed by atoms with E-state index in [2.05, 4.69) is 0 Å². The van der Waals surface area contributed by atoms with Gasteiger partial charge < -0.3 is 9.64 Å². The van der Waals surface area contributed by atoms with Gasteiger partial charge >= 0.3 is 5.97 Å². The topological polar surface area (TPSA) is 46.6 Å². The molecular formula is C18H16FNO3. The summed E-state index contributed by atoms with van der Waals surface area (Å²) in [7, 11) is 0. The lowest BCUT2D eigenvalue weighted by Gasteiger charge is -2.15. The van der Waals surface area contributed by atoms with Gasteiger partial charge in [-0.2, -0.15) is 0 Å². The molecule has 1 amide bonds. The largest absolute Gasteiger partial charge is 0.426 e. The van der Waals surface area contributed by atoms with Crippen LogP contribution in [0.5, 0.6) is 5.75 Å². The van der Waals surface area contributed by atoms with Crippen molar-refractivity contribution in [2.45, 2.75) is 19.3 Å². The van der Waals surface area contributed by atoms with E-state index in [0.717, 1.165) is 18.7 Å². The number of halogens is 1. The predicted octanol–water partition coefficient (Wildman–Crippen LogP) is 3.10. The van der Waals surface area contributed by atoms with Gasteiger partial charge in [0.25, 0.3) is 0 Å². The second-order valence-corrected chi connectivity index (χ2v) is 5.42. The van der Waals surface area contributed by atoms with Crippen LogP contribution < -0.4 is 9.64 Å². The molecule has 2 aromatic rings. The summed E-state index contributed by atoms with van der Waals surface area (Å²) in [5.74, 6) is -0.321. The molecule has 0 unspecified atom stereocenters. The molecule has 1 aliphatic heterocycles. The average Bonchev–Trinajstić information content (AvgIpc) is 2.94. The lowest BCUT2D eigenvalue weighted by molar-refractivity contribution is -0.133. The van der Waals surface area contributed by atoms with Gasteiger partial charge in [-0.3, -0.25) is 9.59 Å². The third-order valence-corrected chi connectivity index (χ3v) is 3.69. The average molecular weight is 313 g/mol. The fraction of sp³-hybridized carbons (Fsp3) is 0.222. The van der Waals surface area contributed by atoms with Crippen LogP contribution >= 0.6 is 0 Å². The second kappa shape index (κ2) is 6.60. The minimum Gasteiger partial charge on any atom is -0.426 e. The molecule has 4 nitrogen and oxygen atoms in total. The van der Waals surface area contributed by atoms with Crippen molar-refractivity contribution in [2.75, 3.05) is 11.4 Å². The summed E-state index contributed by atoms with van der Waals surface area (Å²) in [5, 5.41) is 0. The van der Waals surface area contributed by atoms with Crippen molar-refractivity contribution in [2.24, 2.45) is 0 Å². The normalized spacial score (nSPS) is 14.1. The summed E-state index contributed by atoms with van der Waals surface area (Å²) in [4.78, 5) is 25.3. The SMILES string of the molecule is O=C(Cc1cccc(F)c1)Oc1ccc(N2CCCC2=O)cc1. The molecule has 1 heterocycles. The summed E-state index contributed by atoms with van der Waals surface area (Å²) in [6.07, 6.45) is 1.44. The highest BCUT2D eigenvalue weighted by molar-refractivity contribution is 5.95. The fourth-order valence-electron chi connectivity index (χ4n) is 2.60. The van der Waals surface area contributed by atoms with Crippen molar-refractivity contribution < 1.29 is 18.7 Å². The van der Waals surface area contributed by atoms with Crippen LogP contribution in [0.3, 0.4) is 0 Å². The molecule has 0 aliphatic carbocycles. The molecule has 0 spiro atoms. The van der Waals surface area contributed by atoms with Gasteiger partial charge in [0.15, 0.2) is 0 Å². The Balaban J connectivity index is 1.61. The van der Waals surface area contributed by atoms with E-state index in [1.54, 1.807) is 41.3 Å². The van der Waals surface area contributed by atoms with E-state index >= 15 is 0 Å². The summed E-state index contributed by atoms with van der Waals surface area (Å²) in [6, 6.07) is 12.7. The van der Waals surface area contributed by atoms with E-state index in [-0.39, 0.29) is 18.1 Å². The van der Waals surface area contributed by atoms with Gasteiger partial charge in [0.05, 0.1) is 6.42 Å². The van der Waals surface area contributed by atoms with E-state index in [1.807, 2.05) is 0 Å². The smallest absolute Gasteiger partial charge is 0.315 e. The van der Waals surface area contributed by atoms with E-state index < -0.39 is 5.97 Å². The molecule has 0 bridgehead atoms. The first-order chi connectivity index (χ1) is 11.1. The van der Waals surface area contributed by atoms with Gasteiger partial charge in [-0.1, -0.05) is 12.1 Å². The summed E-state index contributed by atoms with van der Waals surface area (Å²) >= 11 is 0. The molecule has 0 atom stereocenters. The van der Waals surface area contributed by atoms with Crippen molar-refractivity contribution in [1.82, 2.24) is 0 Å². The zero-order valence-electron chi connectivity index (χ0n) is 12.5. The highest BCUT2D eigenvalue weighted by Gasteiger charge is 2.21. The van der Waals surface area contributed by atoms with E-state index in [9.17, 15) is 14.0 Å². The Morgan fingerprint density at radius 2 is 1.96 bits per heavy atom. The van der Waals surface area contributed by atoms with Crippen molar-refractivity contribution in [3.8, 4) is 5.75 Å². The molecule has 1 fully saturated rings. The Labute approximate surface area is 133 Å². The minimum atomic E-state index is -0.458. The van der Waals surface area contributed by atoms with Gasteiger partial charge in [0.1, 0.15) is 11.6 Å². The Hall–Kier alpha value is -2.69. The molecule has 1 saturated heterocycles. The monoisotopic (exact) mass is 313 g/mol. The number of ether oxygens (including phenoxy) is 1. The summed E-state index contributed by atoms with van der Waals surface area (Å²) in [6.45, 7) is 0.720. The van der Waals surface area contributed by atoms with Gasteiger partial charge in [0.2, 0.25) is 5.91 Å². The van der Waals surface area contributed by atoms with E-state index in [1.165, 1.54) is 12.1 Å². The first-order valence-electron chi connectivity index (χ1n) is 7.47. The molecule has 118 valence electrons.